The van der Waals surface area contributed by atoms with Crippen LogP contribution in [0, 0.1) is 0 Å². The molecule has 3 amide bonds. The summed E-state index contributed by atoms with van der Waals surface area (Å²) in [5, 5.41) is 5.21. The molecule has 2 atom stereocenters. The van der Waals surface area contributed by atoms with Gasteiger partial charge in [-0.15, -0.1) is 0 Å². The predicted molar refractivity (Wildman–Crippen MR) is 129 cm³/mol. The summed E-state index contributed by atoms with van der Waals surface area (Å²) in [4.78, 5) is 37.6. The van der Waals surface area contributed by atoms with E-state index in [9.17, 15) is 18.0 Å². The minimum absolute atomic E-state index is 0.0156. The Balaban J connectivity index is 1.52. The number of carbonyl (C=O) groups excluding carboxylic acids is 2. The second-order valence-electron chi connectivity index (χ2n) is 8.99. The molecule has 10 nitrogen and oxygen atoms in total. The van der Waals surface area contributed by atoms with Gasteiger partial charge in [-0.1, -0.05) is 39.0 Å². The van der Waals surface area contributed by atoms with Crippen molar-refractivity contribution in [3.05, 3.63) is 36.2 Å². The number of aliphatic imine (C=N–C) groups is 1. The Kier molecular flexibility index (Phi) is 6.68. The van der Waals surface area contributed by atoms with Gasteiger partial charge in [0.25, 0.3) is 5.91 Å². The summed E-state index contributed by atoms with van der Waals surface area (Å²) >= 11 is 0. The predicted octanol–water partition coefficient (Wildman–Crippen LogP) is 2.64. The average molecular weight is 489 g/mol. The van der Waals surface area contributed by atoms with Crippen LogP contribution in [0.25, 0.3) is 0 Å². The van der Waals surface area contributed by atoms with E-state index in [0.29, 0.717) is 18.2 Å². The van der Waals surface area contributed by atoms with Gasteiger partial charge in [-0.2, -0.15) is 0 Å². The van der Waals surface area contributed by atoms with Crippen molar-refractivity contribution in [2.45, 2.75) is 69.5 Å². The third-order valence-corrected chi connectivity index (χ3v) is 7.48. The van der Waals surface area contributed by atoms with Crippen molar-refractivity contribution in [1.29, 1.82) is 0 Å². The number of unbranched alkanes of at least 4 members (excludes halogenated alkanes) is 5. The molecule has 0 aromatic heterocycles. The van der Waals surface area contributed by atoms with Gasteiger partial charge < -0.3 is 9.80 Å². The molecule has 0 radical (unpaired) electrons. The number of allylic oxidation sites excluding steroid dienone is 1. The maximum absolute atomic E-state index is 13.4. The minimum atomic E-state index is -3.80. The third kappa shape index (κ3) is 4.29. The van der Waals surface area contributed by atoms with E-state index in [1.54, 1.807) is 19.2 Å². The highest BCUT2D eigenvalue weighted by molar-refractivity contribution is 7.89. The fourth-order valence-corrected chi connectivity index (χ4v) is 5.23. The summed E-state index contributed by atoms with van der Waals surface area (Å²) in [6.07, 6.45) is 7.66. The molecule has 1 fully saturated rings. The second kappa shape index (κ2) is 9.38. The summed E-state index contributed by atoms with van der Waals surface area (Å²) in [6.45, 7) is 4.46. The molecular formula is C23H32N6O4S. The highest BCUT2D eigenvalue weighted by atomic mass is 32.2. The Bertz CT molecular complexity index is 1130. The van der Waals surface area contributed by atoms with Crippen LogP contribution in [-0.4, -0.2) is 66.8 Å². The number of carbonyl (C=O) groups is 2. The van der Waals surface area contributed by atoms with Gasteiger partial charge in [-0.3, -0.25) is 14.6 Å². The summed E-state index contributed by atoms with van der Waals surface area (Å²) in [5.74, 6) is 0.293. The monoisotopic (exact) mass is 488 g/mol. The number of urea groups is 1. The number of sulfonamides is 1. The Hall–Kier alpha value is -2.92. The van der Waals surface area contributed by atoms with Crippen LogP contribution in [0.4, 0.5) is 10.5 Å². The number of hydrogen-bond donors (Lipinski definition) is 1. The average Bonchev–Trinajstić information content (AvgIpc) is 3.30. The van der Waals surface area contributed by atoms with Gasteiger partial charge in [0.05, 0.1) is 4.90 Å². The lowest BCUT2D eigenvalue weighted by Crippen LogP contribution is -2.64. The number of hydrogen-bond acceptors (Lipinski definition) is 7. The number of amides is 3. The fraction of sp³-hybridized carbons (Fsp3) is 0.522. The molecule has 3 heterocycles. The van der Waals surface area contributed by atoms with Gasteiger partial charge in [0, 0.05) is 31.2 Å². The number of nitrogens with two attached hydrogens (primary N) is 1. The first kappa shape index (κ1) is 24.2. The number of benzene rings is 1. The van der Waals surface area contributed by atoms with Crippen LogP contribution in [0.3, 0.4) is 0 Å². The molecule has 0 saturated carbocycles. The van der Waals surface area contributed by atoms with Crippen LogP contribution in [-0.2, 0) is 14.8 Å². The summed E-state index contributed by atoms with van der Waals surface area (Å²) < 4.78 is 23.2. The topological polar surface area (TPSA) is 120 Å². The molecule has 1 saturated heterocycles. The molecule has 11 heteroatoms. The van der Waals surface area contributed by atoms with Gasteiger partial charge in [-0.05, 0) is 37.6 Å². The first-order valence-corrected chi connectivity index (χ1v) is 13.3. The largest absolute Gasteiger partial charge is 0.328 e. The van der Waals surface area contributed by atoms with Crippen LogP contribution in [0.2, 0.25) is 0 Å². The lowest BCUT2D eigenvalue weighted by Gasteiger charge is -2.40. The number of nitrogens with zero attached hydrogens (tertiary/aromatic N) is 5. The highest BCUT2D eigenvalue weighted by Gasteiger charge is 2.54. The Morgan fingerprint density at radius 2 is 1.68 bits per heavy atom. The first-order valence-electron chi connectivity index (χ1n) is 11.7. The lowest BCUT2D eigenvalue weighted by molar-refractivity contribution is -0.136. The van der Waals surface area contributed by atoms with Crippen LogP contribution < -0.4 is 10.0 Å². The molecular weight excluding hydrogens is 456 g/mol. The van der Waals surface area contributed by atoms with Gasteiger partial charge in [-0.25, -0.2) is 23.3 Å². The smallest absolute Gasteiger partial charge is 0.302 e. The Morgan fingerprint density at radius 3 is 2.32 bits per heavy atom. The SMILES string of the molecule is CCCCCCCCN1C(=O)C2C(N=C3N(c4ccc(S(N)(=O)=O)cc4)C(C)=CN32)N(C)C1=O. The molecule has 3 aliphatic heterocycles. The van der Waals surface area contributed by atoms with Crippen molar-refractivity contribution in [3.63, 3.8) is 0 Å². The van der Waals surface area contributed by atoms with Crippen LogP contribution in [0.1, 0.15) is 52.4 Å². The van der Waals surface area contributed by atoms with E-state index in [4.69, 9.17) is 10.1 Å². The molecule has 1 aromatic rings. The molecule has 184 valence electrons. The molecule has 1 aromatic carbocycles. The minimum Gasteiger partial charge on any atom is -0.302 e. The van der Waals surface area contributed by atoms with Crippen molar-refractivity contribution in [1.82, 2.24) is 14.7 Å². The number of anilines is 1. The van der Waals surface area contributed by atoms with Crippen LogP contribution in [0.5, 0.6) is 0 Å². The fourth-order valence-electron chi connectivity index (χ4n) is 4.71. The first-order chi connectivity index (χ1) is 16.1. The van der Waals surface area contributed by atoms with Crippen molar-refractivity contribution >= 4 is 33.6 Å². The summed E-state index contributed by atoms with van der Waals surface area (Å²) in [5.41, 5.74) is 1.52. The van der Waals surface area contributed by atoms with E-state index in [1.807, 2.05) is 22.9 Å². The third-order valence-electron chi connectivity index (χ3n) is 6.55. The normalized spacial score (nSPS) is 22.2. The highest BCUT2D eigenvalue weighted by Crippen LogP contribution is 2.36. The van der Waals surface area contributed by atoms with E-state index in [-0.39, 0.29) is 16.8 Å². The summed E-state index contributed by atoms with van der Waals surface area (Å²) in [6, 6.07) is 5.22. The number of guanidine groups is 1. The zero-order chi connectivity index (χ0) is 24.6. The molecule has 4 rings (SSSR count). The van der Waals surface area contributed by atoms with Crippen molar-refractivity contribution in [2.75, 3.05) is 18.5 Å². The van der Waals surface area contributed by atoms with Crippen molar-refractivity contribution < 1.29 is 18.0 Å². The van der Waals surface area contributed by atoms with Gasteiger partial charge >= 0.3 is 6.03 Å². The van der Waals surface area contributed by atoms with E-state index in [1.165, 1.54) is 41.2 Å². The van der Waals surface area contributed by atoms with E-state index in [2.05, 4.69) is 6.92 Å². The molecule has 0 bridgehead atoms. The Labute approximate surface area is 200 Å². The Morgan fingerprint density at radius 1 is 1.03 bits per heavy atom. The molecule has 34 heavy (non-hydrogen) atoms. The van der Waals surface area contributed by atoms with Crippen LogP contribution in [0.15, 0.2) is 46.1 Å². The van der Waals surface area contributed by atoms with E-state index < -0.39 is 22.2 Å². The van der Waals surface area contributed by atoms with Crippen molar-refractivity contribution in [2.24, 2.45) is 10.1 Å². The molecule has 0 aliphatic carbocycles. The molecule has 0 spiro atoms. The number of rotatable bonds is 9. The maximum atomic E-state index is 13.4. The van der Waals surface area contributed by atoms with Crippen molar-refractivity contribution in [3.8, 4) is 0 Å². The molecule has 2 unspecified atom stereocenters. The van der Waals surface area contributed by atoms with Gasteiger partial charge in [0.2, 0.25) is 16.0 Å². The summed E-state index contributed by atoms with van der Waals surface area (Å²) in [7, 11) is -2.13. The zero-order valence-corrected chi connectivity index (χ0v) is 20.7. The van der Waals surface area contributed by atoms with E-state index in [0.717, 1.165) is 25.0 Å². The van der Waals surface area contributed by atoms with Gasteiger partial charge in [0.1, 0.15) is 0 Å². The number of fused-ring (bicyclic) bond motifs is 3. The van der Waals surface area contributed by atoms with E-state index >= 15 is 0 Å². The maximum Gasteiger partial charge on any atom is 0.328 e. The number of primary sulfonamides is 1. The number of imide groups is 1. The van der Waals surface area contributed by atoms with Crippen LogP contribution >= 0.6 is 0 Å². The standard InChI is InChI=1S/C23H32N6O4S/c1-4-5-6-7-8-9-14-27-21(30)19-20(26(3)23(27)31)25-22-28(19)15-16(2)29(22)17-10-12-18(13-11-17)34(24,32)33/h10-13,15,19-20H,4-9,14H2,1-3H3,(H2,24,32,33). The van der Waals surface area contributed by atoms with Gasteiger partial charge in [0.15, 0.2) is 12.2 Å². The number of likely N-dealkylation sites (N-methyl/N-ethyl adjacent to an activating group) is 1. The zero-order valence-electron chi connectivity index (χ0n) is 19.8. The molecule has 2 N–H and O–H groups in total. The molecule has 3 aliphatic rings. The quantitative estimate of drug-likeness (QED) is 0.534. The second-order valence-corrected chi connectivity index (χ2v) is 10.6. The lowest BCUT2D eigenvalue weighted by atomic mass is 10.1.